The van der Waals surface area contributed by atoms with Crippen molar-refractivity contribution in [2.75, 3.05) is 5.32 Å². The molecule has 0 saturated heterocycles. The molecular formula is C17H22BrN. The highest BCUT2D eigenvalue weighted by molar-refractivity contribution is 9.10. The zero-order valence-electron chi connectivity index (χ0n) is 11.7. The topological polar surface area (TPSA) is 12.0 Å². The maximum absolute atomic E-state index is 3.71. The summed E-state index contributed by atoms with van der Waals surface area (Å²) in [6.45, 7) is 4.51. The number of anilines is 1. The predicted octanol–water partition coefficient (Wildman–Crippen LogP) is 5.98. The van der Waals surface area contributed by atoms with Crippen LogP contribution in [0.4, 0.5) is 5.69 Å². The Labute approximate surface area is 124 Å². The van der Waals surface area contributed by atoms with Crippen LogP contribution in [0.5, 0.6) is 0 Å². The molecule has 1 nitrogen and oxygen atoms in total. The summed E-state index contributed by atoms with van der Waals surface area (Å²) in [5.41, 5.74) is 1.25. The van der Waals surface area contributed by atoms with E-state index >= 15 is 0 Å². The number of benzene rings is 2. The minimum Gasteiger partial charge on any atom is -0.382 e. The molecule has 0 aliphatic rings. The molecule has 1 unspecified atom stereocenters. The number of hydrogen-bond donors (Lipinski definition) is 1. The van der Waals surface area contributed by atoms with Gasteiger partial charge in [-0.1, -0.05) is 66.9 Å². The van der Waals surface area contributed by atoms with Crippen molar-refractivity contribution in [2.45, 2.75) is 45.6 Å². The molecule has 0 fully saturated rings. The van der Waals surface area contributed by atoms with E-state index in [4.69, 9.17) is 0 Å². The highest BCUT2D eigenvalue weighted by Gasteiger charge is 2.09. The van der Waals surface area contributed by atoms with Gasteiger partial charge in [0.2, 0.25) is 0 Å². The van der Waals surface area contributed by atoms with Crippen molar-refractivity contribution in [1.29, 1.82) is 0 Å². The molecule has 2 aromatic carbocycles. The standard InChI is InChI=1S/C17H22BrN/c1-3-5-8-13(4-2)19-17-12-11-16(18)14-9-6-7-10-15(14)17/h6-7,9-13,19H,3-5,8H2,1-2H3. The molecule has 0 saturated carbocycles. The maximum Gasteiger partial charge on any atom is 0.0422 e. The molecule has 0 amide bonds. The third kappa shape index (κ3) is 3.50. The van der Waals surface area contributed by atoms with Crippen LogP contribution in [0.2, 0.25) is 0 Å². The van der Waals surface area contributed by atoms with Crippen LogP contribution < -0.4 is 5.32 Å². The molecule has 0 spiro atoms. The summed E-state index contributed by atoms with van der Waals surface area (Å²) >= 11 is 3.63. The van der Waals surface area contributed by atoms with E-state index in [0.29, 0.717) is 6.04 Å². The second-order valence-corrected chi connectivity index (χ2v) is 5.89. The second-order valence-electron chi connectivity index (χ2n) is 5.03. The molecule has 2 rings (SSSR count). The fourth-order valence-corrected chi connectivity index (χ4v) is 2.91. The summed E-state index contributed by atoms with van der Waals surface area (Å²) in [4.78, 5) is 0. The van der Waals surface area contributed by atoms with E-state index in [-0.39, 0.29) is 0 Å². The minimum atomic E-state index is 0.574. The molecule has 102 valence electrons. The van der Waals surface area contributed by atoms with Crippen LogP contribution in [-0.4, -0.2) is 6.04 Å². The maximum atomic E-state index is 3.71. The Morgan fingerprint density at radius 2 is 1.79 bits per heavy atom. The molecule has 19 heavy (non-hydrogen) atoms. The molecule has 1 atom stereocenters. The quantitative estimate of drug-likeness (QED) is 0.690. The number of hydrogen-bond acceptors (Lipinski definition) is 1. The smallest absolute Gasteiger partial charge is 0.0422 e. The fourth-order valence-electron chi connectivity index (χ4n) is 2.44. The Morgan fingerprint density at radius 3 is 2.47 bits per heavy atom. The van der Waals surface area contributed by atoms with Gasteiger partial charge in [0.1, 0.15) is 0 Å². The van der Waals surface area contributed by atoms with E-state index in [2.05, 4.69) is 71.5 Å². The van der Waals surface area contributed by atoms with Crippen molar-refractivity contribution in [3.8, 4) is 0 Å². The van der Waals surface area contributed by atoms with E-state index in [9.17, 15) is 0 Å². The molecule has 0 aliphatic heterocycles. The molecule has 2 heteroatoms. The lowest BCUT2D eigenvalue weighted by Crippen LogP contribution is -2.18. The zero-order valence-corrected chi connectivity index (χ0v) is 13.3. The van der Waals surface area contributed by atoms with Gasteiger partial charge in [0.15, 0.2) is 0 Å². The molecule has 0 aliphatic carbocycles. The van der Waals surface area contributed by atoms with Gasteiger partial charge in [-0.05, 0) is 30.4 Å². The summed E-state index contributed by atoms with van der Waals surface area (Å²) in [6.07, 6.45) is 4.97. The van der Waals surface area contributed by atoms with Crippen LogP contribution in [0.3, 0.4) is 0 Å². The van der Waals surface area contributed by atoms with Gasteiger partial charge in [0.05, 0.1) is 0 Å². The van der Waals surface area contributed by atoms with E-state index in [1.165, 1.54) is 42.1 Å². The summed E-state index contributed by atoms with van der Waals surface area (Å²) in [5.74, 6) is 0. The van der Waals surface area contributed by atoms with Gasteiger partial charge in [0, 0.05) is 21.6 Å². The largest absolute Gasteiger partial charge is 0.382 e. The monoisotopic (exact) mass is 319 g/mol. The number of unbranched alkanes of at least 4 members (excludes halogenated alkanes) is 1. The van der Waals surface area contributed by atoms with Gasteiger partial charge in [0.25, 0.3) is 0 Å². The van der Waals surface area contributed by atoms with E-state index in [1.807, 2.05) is 0 Å². The van der Waals surface area contributed by atoms with Gasteiger partial charge < -0.3 is 5.32 Å². The van der Waals surface area contributed by atoms with Crippen LogP contribution >= 0.6 is 15.9 Å². The minimum absolute atomic E-state index is 0.574. The van der Waals surface area contributed by atoms with Crippen molar-refractivity contribution in [3.05, 3.63) is 40.9 Å². The van der Waals surface area contributed by atoms with Crippen LogP contribution in [0.25, 0.3) is 10.8 Å². The van der Waals surface area contributed by atoms with Crippen LogP contribution in [0, 0.1) is 0 Å². The molecule has 0 radical (unpaired) electrons. The molecule has 0 aromatic heterocycles. The normalized spacial score (nSPS) is 12.6. The first kappa shape index (κ1) is 14.4. The van der Waals surface area contributed by atoms with Crippen molar-refractivity contribution in [2.24, 2.45) is 0 Å². The lowest BCUT2D eigenvalue weighted by atomic mass is 10.0. The van der Waals surface area contributed by atoms with Crippen molar-refractivity contribution in [3.63, 3.8) is 0 Å². The summed E-state index contributed by atoms with van der Waals surface area (Å²) in [7, 11) is 0. The van der Waals surface area contributed by atoms with Gasteiger partial charge in [-0.3, -0.25) is 0 Å². The number of fused-ring (bicyclic) bond motifs is 1. The summed E-state index contributed by atoms with van der Waals surface area (Å²) < 4.78 is 1.16. The first-order valence-corrected chi connectivity index (χ1v) is 7.99. The third-order valence-corrected chi connectivity index (χ3v) is 4.32. The van der Waals surface area contributed by atoms with E-state index < -0.39 is 0 Å². The third-order valence-electron chi connectivity index (χ3n) is 3.63. The second kappa shape index (κ2) is 6.95. The van der Waals surface area contributed by atoms with Crippen LogP contribution in [-0.2, 0) is 0 Å². The summed E-state index contributed by atoms with van der Waals surface area (Å²) in [5, 5.41) is 6.29. The van der Waals surface area contributed by atoms with Crippen molar-refractivity contribution < 1.29 is 0 Å². The number of nitrogens with one attached hydrogen (secondary N) is 1. The van der Waals surface area contributed by atoms with Crippen molar-refractivity contribution in [1.82, 2.24) is 0 Å². The fraction of sp³-hybridized carbons (Fsp3) is 0.412. The van der Waals surface area contributed by atoms with Gasteiger partial charge in [-0.25, -0.2) is 0 Å². The Bertz CT molecular complexity index is 536. The SMILES string of the molecule is CCCCC(CC)Nc1ccc(Br)c2ccccc12. The van der Waals surface area contributed by atoms with Crippen LogP contribution in [0.1, 0.15) is 39.5 Å². The van der Waals surface area contributed by atoms with Gasteiger partial charge in [-0.2, -0.15) is 0 Å². The van der Waals surface area contributed by atoms with Crippen molar-refractivity contribution >= 4 is 32.4 Å². The highest BCUT2D eigenvalue weighted by atomic mass is 79.9. The molecule has 1 N–H and O–H groups in total. The van der Waals surface area contributed by atoms with E-state index in [1.54, 1.807) is 0 Å². The zero-order chi connectivity index (χ0) is 13.7. The Hall–Kier alpha value is -1.02. The molecule has 0 bridgehead atoms. The number of rotatable bonds is 6. The predicted molar refractivity (Wildman–Crippen MR) is 88.9 cm³/mol. The van der Waals surface area contributed by atoms with Crippen LogP contribution in [0.15, 0.2) is 40.9 Å². The Morgan fingerprint density at radius 1 is 1.05 bits per heavy atom. The van der Waals surface area contributed by atoms with Gasteiger partial charge in [-0.15, -0.1) is 0 Å². The Balaban J connectivity index is 2.27. The first-order valence-electron chi connectivity index (χ1n) is 7.20. The summed E-state index contributed by atoms with van der Waals surface area (Å²) in [6, 6.07) is 13.4. The first-order chi connectivity index (χ1) is 9.26. The van der Waals surface area contributed by atoms with E-state index in [0.717, 1.165) is 4.47 Å². The Kier molecular flexibility index (Phi) is 5.26. The average molecular weight is 320 g/mol. The molecule has 2 aromatic rings. The molecular weight excluding hydrogens is 298 g/mol. The number of halogens is 1. The highest BCUT2D eigenvalue weighted by Crippen LogP contribution is 2.30. The lowest BCUT2D eigenvalue weighted by molar-refractivity contribution is 0.594. The molecule has 0 heterocycles. The lowest BCUT2D eigenvalue weighted by Gasteiger charge is -2.19. The average Bonchev–Trinajstić information content (AvgIpc) is 2.46. The van der Waals surface area contributed by atoms with Gasteiger partial charge >= 0.3 is 0 Å².